The first-order chi connectivity index (χ1) is 8.29. The quantitative estimate of drug-likeness (QED) is 0.783. The van der Waals surface area contributed by atoms with E-state index in [1.165, 1.54) is 4.90 Å². The van der Waals surface area contributed by atoms with E-state index in [-0.39, 0.29) is 11.6 Å². The number of carbonyl (C=O) groups is 2. The van der Waals surface area contributed by atoms with Gasteiger partial charge >= 0.3 is 12.0 Å². The van der Waals surface area contributed by atoms with Gasteiger partial charge in [0.2, 0.25) is 0 Å². The maximum absolute atomic E-state index is 12.4. The molecule has 5 heteroatoms. The predicted octanol–water partition coefficient (Wildman–Crippen LogP) is 1.94. The monoisotopic (exact) mass is 254 g/mol. The number of carboxylic acids is 1. The molecule has 0 bridgehead atoms. The highest BCUT2D eigenvalue weighted by Gasteiger charge is 2.38. The lowest BCUT2D eigenvalue weighted by atomic mass is 10.1. The third-order valence-corrected chi connectivity index (χ3v) is 3.14. The molecule has 0 saturated carbocycles. The zero-order chi connectivity index (χ0) is 13.9. The molecule has 18 heavy (non-hydrogen) atoms. The number of carbonyl (C=O) groups excluding carboxylic acids is 1. The number of hydrogen-bond donors (Lipinski definition) is 1. The van der Waals surface area contributed by atoms with Crippen LogP contribution in [0.25, 0.3) is 0 Å². The molecule has 0 aromatic carbocycles. The van der Waals surface area contributed by atoms with Crippen LogP contribution in [0.1, 0.15) is 33.6 Å². The molecule has 2 amide bonds. The van der Waals surface area contributed by atoms with Gasteiger partial charge in [-0.25, -0.2) is 9.59 Å². The third kappa shape index (κ3) is 3.03. The molecule has 1 rings (SSSR count). The second kappa shape index (κ2) is 5.42. The Balaban J connectivity index is 2.89. The Kier molecular flexibility index (Phi) is 4.38. The van der Waals surface area contributed by atoms with Crippen LogP contribution in [0.2, 0.25) is 0 Å². The average molecular weight is 254 g/mol. The van der Waals surface area contributed by atoms with E-state index in [1.54, 1.807) is 11.0 Å². The van der Waals surface area contributed by atoms with Crippen molar-refractivity contribution in [3.8, 4) is 0 Å². The molecule has 5 nitrogen and oxygen atoms in total. The summed E-state index contributed by atoms with van der Waals surface area (Å²) in [6.07, 6.45) is 2.94. The second-order valence-electron chi connectivity index (χ2n) is 5.54. The number of rotatable bonds is 3. The largest absolute Gasteiger partial charge is 0.480 e. The highest BCUT2D eigenvalue weighted by atomic mass is 16.4. The summed E-state index contributed by atoms with van der Waals surface area (Å²) >= 11 is 0. The highest BCUT2D eigenvalue weighted by Crippen LogP contribution is 2.23. The van der Waals surface area contributed by atoms with Gasteiger partial charge in [0.05, 0.1) is 0 Å². The van der Waals surface area contributed by atoms with Crippen molar-refractivity contribution < 1.29 is 14.7 Å². The number of urea groups is 1. The van der Waals surface area contributed by atoms with Crippen molar-refractivity contribution in [3.05, 3.63) is 12.7 Å². The minimum Gasteiger partial charge on any atom is -0.480 e. The van der Waals surface area contributed by atoms with Crippen molar-refractivity contribution in [2.75, 3.05) is 13.1 Å². The molecule has 0 radical (unpaired) electrons. The van der Waals surface area contributed by atoms with Crippen LogP contribution in [0.3, 0.4) is 0 Å². The van der Waals surface area contributed by atoms with Gasteiger partial charge in [0.15, 0.2) is 0 Å². The van der Waals surface area contributed by atoms with Gasteiger partial charge in [-0.05, 0) is 33.6 Å². The fraction of sp³-hybridized carbons (Fsp3) is 0.692. The standard InChI is InChI=1S/C13H22N2O3/c1-5-8-15(13(2,3)4)12(18)14-9-6-7-10(14)11(16)17/h5,10H,1,6-9H2,2-4H3,(H,16,17)/t10-/m0/s1. The van der Waals surface area contributed by atoms with Gasteiger partial charge < -0.3 is 14.9 Å². The molecule has 1 fully saturated rings. The molecule has 0 aliphatic carbocycles. The normalized spacial score (nSPS) is 19.7. The van der Waals surface area contributed by atoms with E-state index in [2.05, 4.69) is 6.58 Å². The molecule has 0 unspecified atom stereocenters. The molecule has 1 aliphatic heterocycles. The summed E-state index contributed by atoms with van der Waals surface area (Å²) in [5.41, 5.74) is -0.350. The van der Waals surface area contributed by atoms with Crippen molar-refractivity contribution in [3.63, 3.8) is 0 Å². The maximum Gasteiger partial charge on any atom is 0.326 e. The number of carboxylic acid groups (broad SMARTS) is 1. The summed E-state index contributed by atoms with van der Waals surface area (Å²) in [5, 5.41) is 9.11. The molecule has 1 heterocycles. The van der Waals surface area contributed by atoms with Crippen LogP contribution in [-0.4, -0.2) is 51.6 Å². The average Bonchev–Trinajstić information content (AvgIpc) is 2.72. The number of amides is 2. The van der Waals surface area contributed by atoms with Crippen molar-refractivity contribution in [2.24, 2.45) is 0 Å². The van der Waals surface area contributed by atoms with Crippen molar-refractivity contribution >= 4 is 12.0 Å². The molecule has 1 aliphatic rings. The Bertz CT molecular complexity index is 347. The summed E-state index contributed by atoms with van der Waals surface area (Å²) in [6.45, 7) is 10.4. The number of nitrogens with zero attached hydrogens (tertiary/aromatic N) is 2. The lowest BCUT2D eigenvalue weighted by Crippen LogP contribution is -2.54. The predicted molar refractivity (Wildman–Crippen MR) is 69.4 cm³/mol. The van der Waals surface area contributed by atoms with Gasteiger partial charge in [-0.2, -0.15) is 0 Å². The minimum absolute atomic E-state index is 0.215. The molecule has 1 N–H and O–H groups in total. The second-order valence-corrected chi connectivity index (χ2v) is 5.54. The van der Waals surface area contributed by atoms with Gasteiger partial charge in [-0.1, -0.05) is 6.08 Å². The van der Waals surface area contributed by atoms with Crippen LogP contribution in [0.5, 0.6) is 0 Å². The molecule has 0 aromatic rings. The summed E-state index contributed by atoms with van der Waals surface area (Å²) < 4.78 is 0. The van der Waals surface area contributed by atoms with Crippen LogP contribution in [0, 0.1) is 0 Å². The summed E-state index contributed by atoms with van der Waals surface area (Å²) in [5.74, 6) is -0.923. The topological polar surface area (TPSA) is 60.9 Å². The zero-order valence-corrected chi connectivity index (χ0v) is 11.3. The van der Waals surface area contributed by atoms with Crippen LogP contribution in [-0.2, 0) is 4.79 Å². The van der Waals surface area contributed by atoms with E-state index in [4.69, 9.17) is 5.11 Å². The van der Waals surface area contributed by atoms with E-state index < -0.39 is 12.0 Å². The van der Waals surface area contributed by atoms with Crippen LogP contribution in [0.15, 0.2) is 12.7 Å². The van der Waals surface area contributed by atoms with Crippen molar-refractivity contribution in [2.45, 2.75) is 45.2 Å². The van der Waals surface area contributed by atoms with E-state index in [0.29, 0.717) is 19.5 Å². The molecule has 0 spiro atoms. The zero-order valence-electron chi connectivity index (χ0n) is 11.3. The van der Waals surface area contributed by atoms with E-state index in [9.17, 15) is 9.59 Å². The Morgan fingerprint density at radius 1 is 1.50 bits per heavy atom. The Morgan fingerprint density at radius 3 is 2.56 bits per heavy atom. The first kappa shape index (κ1) is 14.5. The molecule has 102 valence electrons. The SMILES string of the molecule is C=CCN(C(=O)N1CCC[C@H]1C(=O)O)C(C)(C)C. The van der Waals surface area contributed by atoms with Crippen molar-refractivity contribution in [1.82, 2.24) is 9.80 Å². The van der Waals surface area contributed by atoms with Gasteiger partial charge in [0.1, 0.15) is 6.04 Å². The van der Waals surface area contributed by atoms with E-state index in [0.717, 1.165) is 6.42 Å². The van der Waals surface area contributed by atoms with Crippen LogP contribution in [0.4, 0.5) is 4.79 Å². The van der Waals surface area contributed by atoms with Crippen LogP contribution < -0.4 is 0 Å². The van der Waals surface area contributed by atoms with Crippen LogP contribution >= 0.6 is 0 Å². The lowest BCUT2D eigenvalue weighted by molar-refractivity contribution is -0.141. The lowest BCUT2D eigenvalue weighted by Gasteiger charge is -2.38. The number of aliphatic carboxylic acids is 1. The smallest absolute Gasteiger partial charge is 0.326 e. The molecule has 1 saturated heterocycles. The van der Waals surface area contributed by atoms with Gasteiger partial charge in [0.25, 0.3) is 0 Å². The molecular weight excluding hydrogens is 232 g/mol. The Hall–Kier alpha value is -1.52. The maximum atomic E-state index is 12.4. The highest BCUT2D eigenvalue weighted by molar-refractivity contribution is 5.83. The number of hydrogen-bond acceptors (Lipinski definition) is 2. The Morgan fingerprint density at radius 2 is 2.11 bits per heavy atom. The minimum atomic E-state index is -0.923. The Labute approximate surface area is 108 Å². The molecular formula is C13H22N2O3. The van der Waals surface area contributed by atoms with Gasteiger partial charge in [-0.3, -0.25) is 0 Å². The molecule has 0 aromatic heterocycles. The van der Waals surface area contributed by atoms with E-state index in [1.807, 2.05) is 20.8 Å². The summed E-state index contributed by atoms with van der Waals surface area (Å²) in [4.78, 5) is 26.7. The van der Waals surface area contributed by atoms with E-state index >= 15 is 0 Å². The first-order valence-electron chi connectivity index (χ1n) is 6.21. The van der Waals surface area contributed by atoms with Gasteiger partial charge in [-0.15, -0.1) is 6.58 Å². The number of likely N-dealkylation sites (tertiary alicyclic amines) is 1. The fourth-order valence-corrected chi connectivity index (χ4v) is 2.18. The molecule has 1 atom stereocenters. The van der Waals surface area contributed by atoms with Crippen molar-refractivity contribution in [1.29, 1.82) is 0 Å². The third-order valence-electron chi connectivity index (χ3n) is 3.14. The fourth-order valence-electron chi connectivity index (χ4n) is 2.18. The first-order valence-corrected chi connectivity index (χ1v) is 6.21. The van der Waals surface area contributed by atoms with Gasteiger partial charge in [0, 0.05) is 18.6 Å². The summed E-state index contributed by atoms with van der Waals surface area (Å²) in [6, 6.07) is -0.903. The summed E-state index contributed by atoms with van der Waals surface area (Å²) in [7, 11) is 0.